The van der Waals surface area contributed by atoms with Crippen molar-refractivity contribution < 1.29 is 19.4 Å². The fraction of sp³-hybridized carbons (Fsp3) is 0.500. The van der Waals surface area contributed by atoms with Gasteiger partial charge in [0, 0.05) is 0 Å². The number of phenols is 1. The summed E-state index contributed by atoms with van der Waals surface area (Å²) < 4.78 is 9.93. The maximum absolute atomic E-state index is 12.0. The fourth-order valence-electron chi connectivity index (χ4n) is 1.86. The van der Waals surface area contributed by atoms with Crippen LogP contribution < -0.4 is 10.1 Å². The molecule has 0 aliphatic heterocycles. The minimum Gasteiger partial charge on any atom is -0.504 e. The molecule has 0 aliphatic rings. The third-order valence-corrected chi connectivity index (χ3v) is 3.08. The van der Waals surface area contributed by atoms with Crippen molar-refractivity contribution in [2.75, 3.05) is 20.8 Å². The number of esters is 1. The van der Waals surface area contributed by atoms with Crippen molar-refractivity contribution in [3.05, 3.63) is 23.8 Å². The molecular formula is C14H21NO4. The number of methoxy groups -OCH3 is 2. The molecule has 0 heterocycles. The van der Waals surface area contributed by atoms with Crippen molar-refractivity contribution in [3.63, 3.8) is 0 Å². The maximum atomic E-state index is 12.0. The Kier molecular flexibility index (Phi) is 5.18. The van der Waals surface area contributed by atoms with Gasteiger partial charge >= 0.3 is 5.97 Å². The molecule has 1 aromatic rings. The van der Waals surface area contributed by atoms with E-state index in [2.05, 4.69) is 5.32 Å². The number of phenolic OH excluding ortho intramolecular Hbond substituents is 1. The third-order valence-electron chi connectivity index (χ3n) is 3.08. The van der Waals surface area contributed by atoms with Crippen LogP contribution in [0.5, 0.6) is 11.5 Å². The SMILES string of the molecule is CCCNC(C)(C(=O)OC)c1ccc(O)c(OC)c1. The predicted octanol–water partition coefficient (Wildman–Crippen LogP) is 1.79. The van der Waals surface area contributed by atoms with Gasteiger partial charge in [0.25, 0.3) is 0 Å². The molecule has 0 saturated carbocycles. The molecule has 0 radical (unpaired) electrons. The summed E-state index contributed by atoms with van der Waals surface area (Å²) in [4.78, 5) is 12.0. The lowest BCUT2D eigenvalue weighted by molar-refractivity contribution is -0.148. The Morgan fingerprint density at radius 3 is 2.63 bits per heavy atom. The highest BCUT2D eigenvalue weighted by molar-refractivity contribution is 5.82. The largest absolute Gasteiger partial charge is 0.504 e. The average Bonchev–Trinajstić information content (AvgIpc) is 2.44. The highest BCUT2D eigenvalue weighted by Gasteiger charge is 2.36. The Morgan fingerprint density at radius 1 is 1.42 bits per heavy atom. The Hall–Kier alpha value is -1.75. The molecule has 1 atom stereocenters. The van der Waals surface area contributed by atoms with Crippen molar-refractivity contribution in [2.45, 2.75) is 25.8 Å². The zero-order valence-electron chi connectivity index (χ0n) is 11.8. The van der Waals surface area contributed by atoms with Crippen LogP contribution in [0.4, 0.5) is 0 Å². The van der Waals surface area contributed by atoms with Crippen LogP contribution in [0.15, 0.2) is 18.2 Å². The first kappa shape index (κ1) is 15.3. The second-order valence-electron chi connectivity index (χ2n) is 4.43. The molecule has 0 bridgehead atoms. The molecule has 5 heteroatoms. The van der Waals surface area contributed by atoms with E-state index in [9.17, 15) is 9.90 Å². The molecule has 0 aliphatic carbocycles. The minimum atomic E-state index is -0.967. The molecule has 1 aromatic carbocycles. The van der Waals surface area contributed by atoms with Crippen LogP contribution in [0.25, 0.3) is 0 Å². The smallest absolute Gasteiger partial charge is 0.330 e. The lowest BCUT2D eigenvalue weighted by Crippen LogP contribution is -2.47. The van der Waals surface area contributed by atoms with Crippen LogP contribution in [-0.2, 0) is 15.1 Å². The maximum Gasteiger partial charge on any atom is 0.330 e. The lowest BCUT2D eigenvalue weighted by Gasteiger charge is -2.28. The van der Waals surface area contributed by atoms with Gasteiger partial charge in [-0.05, 0) is 37.6 Å². The predicted molar refractivity (Wildman–Crippen MR) is 72.3 cm³/mol. The van der Waals surface area contributed by atoms with Gasteiger partial charge < -0.3 is 14.6 Å². The Morgan fingerprint density at radius 2 is 2.11 bits per heavy atom. The van der Waals surface area contributed by atoms with Crippen LogP contribution in [0.1, 0.15) is 25.8 Å². The number of nitrogens with one attached hydrogen (secondary N) is 1. The number of hydrogen-bond acceptors (Lipinski definition) is 5. The topological polar surface area (TPSA) is 67.8 Å². The summed E-state index contributed by atoms with van der Waals surface area (Å²) in [7, 11) is 2.82. The zero-order chi connectivity index (χ0) is 14.5. The second kappa shape index (κ2) is 6.43. The molecule has 2 N–H and O–H groups in total. The fourth-order valence-corrected chi connectivity index (χ4v) is 1.86. The van der Waals surface area contributed by atoms with E-state index in [1.54, 1.807) is 19.1 Å². The van der Waals surface area contributed by atoms with Crippen molar-refractivity contribution >= 4 is 5.97 Å². The van der Waals surface area contributed by atoms with E-state index in [0.29, 0.717) is 17.9 Å². The van der Waals surface area contributed by atoms with Crippen LogP contribution in [-0.4, -0.2) is 31.8 Å². The van der Waals surface area contributed by atoms with Gasteiger partial charge in [0.15, 0.2) is 11.5 Å². The van der Waals surface area contributed by atoms with E-state index in [1.807, 2.05) is 6.92 Å². The van der Waals surface area contributed by atoms with E-state index in [4.69, 9.17) is 9.47 Å². The molecular weight excluding hydrogens is 246 g/mol. The average molecular weight is 267 g/mol. The first-order valence-electron chi connectivity index (χ1n) is 6.20. The number of hydrogen-bond donors (Lipinski definition) is 2. The molecule has 5 nitrogen and oxygen atoms in total. The van der Waals surface area contributed by atoms with Gasteiger partial charge in [-0.2, -0.15) is 0 Å². The van der Waals surface area contributed by atoms with Gasteiger partial charge in [-0.25, -0.2) is 4.79 Å². The van der Waals surface area contributed by atoms with Crippen molar-refractivity contribution in [1.29, 1.82) is 0 Å². The summed E-state index contributed by atoms with van der Waals surface area (Å²) in [6.07, 6.45) is 0.891. The number of aromatic hydroxyl groups is 1. The van der Waals surface area contributed by atoms with Crippen LogP contribution >= 0.6 is 0 Å². The summed E-state index contributed by atoms with van der Waals surface area (Å²) in [6.45, 7) is 4.44. The number of rotatable bonds is 6. The number of carbonyl (C=O) groups excluding carboxylic acids is 1. The summed E-state index contributed by atoms with van der Waals surface area (Å²) >= 11 is 0. The number of benzene rings is 1. The summed E-state index contributed by atoms with van der Waals surface area (Å²) in [5.74, 6) is -0.0198. The monoisotopic (exact) mass is 267 g/mol. The molecule has 0 spiro atoms. The zero-order valence-corrected chi connectivity index (χ0v) is 11.8. The summed E-state index contributed by atoms with van der Waals surface area (Å²) in [5.41, 5.74) is -0.284. The van der Waals surface area contributed by atoms with E-state index in [-0.39, 0.29) is 11.7 Å². The molecule has 106 valence electrons. The molecule has 0 fully saturated rings. The minimum absolute atomic E-state index is 0.0361. The second-order valence-corrected chi connectivity index (χ2v) is 4.43. The molecule has 0 aromatic heterocycles. The highest BCUT2D eigenvalue weighted by atomic mass is 16.5. The summed E-state index contributed by atoms with van der Waals surface area (Å²) in [5, 5.41) is 12.8. The molecule has 0 amide bonds. The van der Waals surface area contributed by atoms with Gasteiger partial charge in [0.2, 0.25) is 0 Å². The first-order chi connectivity index (χ1) is 8.99. The highest BCUT2D eigenvalue weighted by Crippen LogP contribution is 2.32. The van der Waals surface area contributed by atoms with Crippen molar-refractivity contribution in [3.8, 4) is 11.5 Å². The molecule has 1 rings (SSSR count). The van der Waals surface area contributed by atoms with Crippen LogP contribution in [0.3, 0.4) is 0 Å². The molecule has 19 heavy (non-hydrogen) atoms. The Balaban J connectivity index is 3.20. The number of ether oxygens (including phenoxy) is 2. The quantitative estimate of drug-likeness (QED) is 0.769. The van der Waals surface area contributed by atoms with E-state index >= 15 is 0 Å². The number of carbonyl (C=O) groups is 1. The van der Waals surface area contributed by atoms with Crippen molar-refractivity contribution in [1.82, 2.24) is 5.32 Å². The Bertz CT molecular complexity index is 447. The van der Waals surface area contributed by atoms with Crippen LogP contribution in [0, 0.1) is 0 Å². The van der Waals surface area contributed by atoms with Crippen molar-refractivity contribution in [2.24, 2.45) is 0 Å². The van der Waals surface area contributed by atoms with Gasteiger partial charge in [-0.3, -0.25) is 5.32 Å². The van der Waals surface area contributed by atoms with Gasteiger partial charge in [0.05, 0.1) is 14.2 Å². The molecule has 0 saturated heterocycles. The van der Waals surface area contributed by atoms with Gasteiger partial charge in [0.1, 0.15) is 5.54 Å². The third kappa shape index (κ3) is 3.17. The van der Waals surface area contributed by atoms with E-state index < -0.39 is 5.54 Å². The van der Waals surface area contributed by atoms with Crippen LogP contribution in [0.2, 0.25) is 0 Å². The Labute approximate surface area is 113 Å². The first-order valence-corrected chi connectivity index (χ1v) is 6.20. The van der Waals surface area contributed by atoms with E-state index in [1.165, 1.54) is 20.3 Å². The van der Waals surface area contributed by atoms with Gasteiger partial charge in [-0.15, -0.1) is 0 Å². The van der Waals surface area contributed by atoms with E-state index in [0.717, 1.165) is 6.42 Å². The summed E-state index contributed by atoms with van der Waals surface area (Å²) in [6, 6.07) is 4.81. The normalized spacial score (nSPS) is 13.7. The standard InChI is InChI=1S/C14H21NO4/c1-5-8-15-14(2,13(17)19-4)10-6-7-11(16)12(9-10)18-3/h6-7,9,15-16H,5,8H2,1-4H3. The lowest BCUT2D eigenvalue weighted by atomic mass is 9.91. The van der Waals surface area contributed by atoms with Gasteiger partial charge in [-0.1, -0.05) is 13.0 Å². The molecule has 1 unspecified atom stereocenters.